The molecule has 2 N–H and O–H groups in total. The van der Waals surface area contributed by atoms with E-state index in [9.17, 15) is 9.59 Å². The van der Waals surface area contributed by atoms with Crippen molar-refractivity contribution in [3.05, 3.63) is 5.28 Å². The number of anilines is 2. The van der Waals surface area contributed by atoms with Crippen LogP contribution in [0.3, 0.4) is 0 Å². The minimum absolute atomic E-state index is 0.0237. The summed E-state index contributed by atoms with van der Waals surface area (Å²) in [5.74, 6) is 0.738. The van der Waals surface area contributed by atoms with Gasteiger partial charge in [-0.05, 0) is 17.5 Å². The van der Waals surface area contributed by atoms with Crippen LogP contribution in [0.5, 0.6) is 0 Å². The molecule has 9 heteroatoms. The number of carbonyl (C=O) groups excluding carboxylic acids is 2. The third-order valence-corrected chi connectivity index (χ3v) is 3.80. The van der Waals surface area contributed by atoms with Gasteiger partial charge in [-0.15, -0.1) is 0 Å². The summed E-state index contributed by atoms with van der Waals surface area (Å²) >= 11 is 6.90. The number of rotatable bonds is 3. The van der Waals surface area contributed by atoms with E-state index in [0.717, 1.165) is 0 Å². The molecule has 1 unspecified atom stereocenters. The van der Waals surface area contributed by atoms with Gasteiger partial charge >= 0.3 is 0 Å². The van der Waals surface area contributed by atoms with Crippen LogP contribution in [0.2, 0.25) is 5.28 Å². The second-order valence-electron chi connectivity index (χ2n) is 4.14. The first-order valence-corrected chi connectivity index (χ1v) is 6.93. The van der Waals surface area contributed by atoms with Gasteiger partial charge in [0, 0.05) is 25.6 Å². The number of aromatic nitrogens is 3. The lowest BCUT2D eigenvalue weighted by atomic mass is 10.1. The zero-order valence-corrected chi connectivity index (χ0v) is 11.7. The minimum atomic E-state index is -0.101. The van der Waals surface area contributed by atoms with Crippen molar-refractivity contribution >= 4 is 46.3 Å². The summed E-state index contributed by atoms with van der Waals surface area (Å²) in [6.07, 6.45) is 0.365. The highest BCUT2D eigenvalue weighted by Crippen LogP contribution is 2.25. The smallest absolute Gasteiger partial charge is 0.238 e. The lowest BCUT2D eigenvalue weighted by Gasteiger charge is -2.14. The predicted molar refractivity (Wildman–Crippen MR) is 72.8 cm³/mol. The maximum atomic E-state index is 11.9. The lowest BCUT2D eigenvalue weighted by Crippen LogP contribution is -2.27. The summed E-state index contributed by atoms with van der Waals surface area (Å²) in [5, 5.41) is -0.00444. The number of amides is 1. The molecule has 0 spiro atoms. The maximum absolute atomic E-state index is 11.9. The third kappa shape index (κ3) is 3.54. The molecule has 7 nitrogen and oxygen atoms in total. The fourth-order valence-corrected chi connectivity index (χ4v) is 2.65. The lowest BCUT2D eigenvalue weighted by molar-refractivity contribution is -0.117. The molecule has 1 saturated heterocycles. The van der Waals surface area contributed by atoms with E-state index in [1.165, 1.54) is 23.6 Å². The zero-order chi connectivity index (χ0) is 14.0. The SMILES string of the molecule is CC(=O)SCC1CC(=O)N(c2nc(N)nc(Cl)n2)C1. The van der Waals surface area contributed by atoms with Crippen LogP contribution in [0.4, 0.5) is 11.9 Å². The van der Waals surface area contributed by atoms with Gasteiger partial charge in [0.2, 0.25) is 23.1 Å². The van der Waals surface area contributed by atoms with Gasteiger partial charge in [-0.1, -0.05) is 11.8 Å². The van der Waals surface area contributed by atoms with Crippen LogP contribution in [0, 0.1) is 5.92 Å². The highest BCUT2D eigenvalue weighted by atomic mass is 35.5. The van der Waals surface area contributed by atoms with Crippen molar-refractivity contribution in [2.24, 2.45) is 5.92 Å². The second kappa shape index (κ2) is 5.70. The number of halogens is 1. The molecule has 102 valence electrons. The molecule has 1 atom stereocenters. The van der Waals surface area contributed by atoms with E-state index in [-0.39, 0.29) is 34.1 Å². The summed E-state index contributed by atoms with van der Waals surface area (Å²) in [6, 6.07) is 0. The number of nitrogens with two attached hydrogens (primary N) is 1. The maximum Gasteiger partial charge on any atom is 0.238 e. The van der Waals surface area contributed by atoms with Crippen molar-refractivity contribution in [3.8, 4) is 0 Å². The molecular weight excluding hydrogens is 290 g/mol. The first kappa shape index (κ1) is 14.0. The Labute approximate surface area is 118 Å². The standard InChI is InChI=1S/C10H12ClN5O2S/c1-5(17)19-4-6-2-7(18)16(3-6)10-14-8(11)13-9(12)15-10/h6H,2-4H2,1H3,(H2,12,13,14,15). The highest BCUT2D eigenvalue weighted by Gasteiger charge is 2.32. The Morgan fingerprint density at radius 3 is 2.89 bits per heavy atom. The average molecular weight is 302 g/mol. The van der Waals surface area contributed by atoms with E-state index in [2.05, 4.69) is 15.0 Å². The van der Waals surface area contributed by atoms with Crippen LogP contribution in [-0.2, 0) is 9.59 Å². The van der Waals surface area contributed by atoms with Gasteiger partial charge < -0.3 is 5.73 Å². The van der Waals surface area contributed by atoms with Crippen molar-refractivity contribution in [1.82, 2.24) is 15.0 Å². The highest BCUT2D eigenvalue weighted by molar-refractivity contribution is 8.13. The van der Waals surface area contributed by atoms with Crippen LogP contribution in [0.15, 0.2) is 0 Å². The first-order valence-electron chi connectivity index (χ1n) is 5.56. The molecule has 1 aromatic heterocycles. The van der Waals surface area contributed by atoms with E-state index in [0.29, 0.717) is 18.7 Å². The normalized spacial score (nSPS) is 18.9. The predicted octanol–water partition coefficient (Wildman–Crippen LogP) is 0.740. The topological polar surface area (TPSA) is 102 Å². The van der Waals surface area contributed by atoms with Crippen molar-refractivity contribution in [1.29, 1.82) is 0 Å². The van der Waals surface area contributed by atoms with Gasteiger partial charge in [-0.3, -0.25) is 14.5 Å². The molecular formula is C10H12ClN5O2S. The van der Waals surface area contributed by atoms with Gasteiger partial charge in [0.1, 0.15) is 0 Å². The minimum Gasteiger partial charge on any atom is -0.368 e. The van der Waals surface area contributed by atoms with Crippen LogP contribution >= 0.6 is 23.4 Å². The van der Waals surface area contributed by atoms with E-state index in [1.54, 1.807) is 0 Å². The summed E-state index contributed by atoms with van der Waals surface area (Å²) in [6.45, 7) is 1.96. The molecule has 0 aromatic carbocycles. The van der Waals surface area contributed by atoms with Gasteiger partial charge in [-0.2, -0.15) is 15.0 Å². The Hall–Kier alpha value is -1.41. The molecule has 1 aliphatic rings. The molecule has 0 bridgehead atoms. The van der Waals surface area contributed by atoms with Gasteiger partial charge in [-0.25, -0.2) is 0 Å². The monoisotopic (exact) mass is 301 g/mol. The third-order valence-electron chi connectivity index (χ3n) is 2.58. The Balaban J connectivity index is 2.09. The van der Waals surface area contributed by atoms with E-state index < -0.39 is 0 Å². The van der Waals surface area contributed by atoms with Crippen LogP contribution in [0.25, 0.3) is 0 Å². The van der Waals surface area contributed by atoms with Crippen molar-refractivity contribution in [3.63, 3.8) is 0 Å². The van der Waals surface area contributed by atoms with E-state index in [4.69, 9.17) is 17.3 Å². The van der Waals surface area contributed by atoms with Gasteiger partial charge in [0.05, 0.1) is 0 Å². The Bertz CT molecular complexity index is 506. The molecule has 0 aliphatic carbocycles. The summed E-state index contributed by atoms with van der Waals surface area (Å²) in [7, 11) is 0. The zero-order valence-electron chi connectivity index (χ0n) is 10.2. The fraction of sp³-hybridized carbons (Fsp3) is 0.500. The molecule has 1 fully saturated rings. The summed E-state index contributed by atoms with van der Waals surface area (Å²) in [4.78, 5) is 35.7. The Morgan fingerprint density at radius 2 is 2.26 bits per heavy atom. The molecule has 2 rings (SSSR count). The number of thioether (sulfide) groups is 1. The average Bonchev–Trinajstić information content (AvgIpc) is 2.66. The molecule has 0 saturated carbocycles. The summed E-state index contributed by atoms with van der Waals surface area (Å²) < 4.78 is 0. The number of carbonyl (C=O) groups is 2. The second-order valence-corrected chi connectivity index (χ2v) is 5.67. The number of nitrogen functional groups attached to an aromatic ring is 1. The summed E-state index contributed by atoms with van der Waals surface area (Å²) in [5.41, 5.74) is 5.47. The first-order chi connectivity index (χ1) is 8.95. The number of hydrogen-bond donors (Lipinski definition) is 1. The molecule has 1 aromatic rings. The van der Waals surface area contributed by atoms with E-state index >= 15 is 0 Å². The molecule has 1 amide bonds. The van der Waals surface area contributed by atoms with Gasteiger partial charge in [0.15, 0.2) is 5.12 Å². The van der Waals surface area contributed by atoms with Crippen molar-refractivity contribution < 1.29 is 9.59 Å². The molecule has 19 heavy (non-hydrogen) atoms. The van der Waals surface area contributed by atoms with Crippen LogP contribution < -0.4 is 10.6 Å². The largest absolute Gasteiger partial charge is 0.368 e. The Kier molecular flexibility index (Phi) is 4.20. The quantitative estimate of drug-likeness (QED) is 0.878. The molecule has 1 aliphatic heterocycles. The van der Waals surface area contributed by atoms with Crippen LogP contribution in [0.1, 0.15) is 13.3 Å². The van der Waals surface area contributed by atoms with Crippen molar-refractivity contribution in [2.75, 3.05) is 22.9 Å². The molecule has 0 radical (unpaired) electrons. The number of hydrogen-bond acceptors (Lipinski definition) is 7. The van der Waals surface area contributed by atoms with E-state index in [1.807, 2.05) is 0 Å². The van der Waals surface area contributed by atoms with Crippen molar-refractivity contribution in [2.45, 2.75) is 13.3 Å². The van der Waals surface area contributed by atoms with Crippen LogP contribution in [-0.4, -0.2) is 38.3 Å². The Morgan fingerprint density at radius 1 is 1.53 bits per heavy atom. The fourth-order valence-electron chi connectivity index (χ4n) is 1.80. The number of nitrogens with zero attached hydrogens (tertiary/aromatic N) is 4. The van der Waals surface area contributed by atoms with Gasteiger partial charge in [0.25, 0.3) is 0 Å². The molecule has 2 heterocycles.